The van der Waals surface area contributed by atoms with Gasteiger partial charge in [0.1, 0.15) is 5.82 Å². The van der Waals surface area contributed by atoms with E-state index < -0.39 is 0 Å². The summed E-state index contributed by atoms with van der Waals surface area (Å²) in [6.07, 6.45) is 8.98. The van der Waals surface area contributed by atoms with E-state index in [2.05, 4.69) is 33.1 Å². The highest BCUT2D eigenvalue weighted by Crippen LogP contribution is 2.40. The molecule has 0 atom stereocenters. The number of aromatic nitrogens is 2. The predicted molar refractivity (Wildman–Crippen MR) is 102 cm³/mol. The fraction of sp³-hybridized carbons (Fsp3) is 0.476. The molecule has 0 bridgehead atoms. The van der Waals surface area contributed by atoms with Crippen molar-refractivity contribution in [2.24, 2.45) is 4.99 Å². The van der Waals surface area contributed by atoms with E-state index in [1.807, 2.05) is 12.4 Å². The number of piperidine rings is 1. The van der Waals surface area contributed by atoms with Crippen LogP contribution in [0.1, 0.15) is 54.0 Å². The first kappa shape index (κ1) is 15.9. The van der Waals surface area contributed by atoms with Crippen LogP contribution in [0.15, 0.2) is 35.6 Å². The molecule has 4 heterocycles. The van der Waals surface area contributed by atoms with Crippen LogP contribution in [0.3, 0.4) is 0 Å². The lowest BCUT2D eigenvalue weighted by Crippen LogP contribution is -2.37. The van der Waals surface area contributed by atoms with Crippen molar-refractivity contribution in [3.8, 4) is 0 Å². The SMILES string of the molecule is COC1CCN(c2cc(C3=NCc4cnc(C5CC5)cc43)ccn2)CC1. The summed E-state index contributed by atoms with van der Waals surface area (Å²) < 4.78 is 5.48. The Hall–Kier alpha value is -2.27. The Labute approximate surface area is 154 Å². The zero-order chi connectivity index (χ0) is 17.5. The second kappa shape index (κ2) is 6.47. The largest absolute Gasteiger partial charge is 0.381 e. The number of pyridine rings is 2. The summed E-state index contributed by atoms with van der Waals surface area (Å²) in [6, 6.07) is 6.54. The standard InChI is InChI=1S/C21H24N4O/c1-26-17-5-8-25(9-6-17)20-10-15(4-7-22-20)21-18-11-19(14-2-3-14)23-12-16(18)13-24-21/h4,7,10-12,14,17H,2-3,5-6,8-9,13H2,1H3. The summed E-state index contributed by atoms with van der Waals surface area (Å²) in [7, 11) is 1.81. The number of hydrogen-bond donors (Lipinski definition) is 0. The normalized spacial score (nSPS) is 20.2. The first-order valence-electron chi connectivity index (χ1n) is 9.59. The minimum atomic E-state index is 0.383. The topological polar surface area (TPSA) is 50.6 Å². The van der Waals surface area contributed by atoms with Gasteiger partial charge in [-0.15, -0.1) is 0 Å². The molecular weight excluding hydrogens is 324 g/mol. The van der Waals surface area contributed by atoms with Gasteiger partial charge < -0.3 is 9.64 Å². The Morgan fingerprint density at radius 3 is 2.69 bits per heavy atom. The molecule has 5 rings (SSSR count). The summed E-state index contributed by atoms with van der Waals surface area (Å²) >= 11 is 0. The van der Waals surface area contributed by atoms with Crippen molar-refractivity contribution >= 4 is 11.5 Å². The Morgan fingerprint density at radius 2 is 1.92 bits per heavy atom. The number of methoxy groups -OCH3 is 1. The fourth-order valence-electron chi connectivity index (χ4n) is 4.00. The number of rotatable bonds is 4. The van der Waals surface area contributed by atoms with E-state index in [0.717, 1.165) is 49.6 Å². The molecule has 1 saturated carbocycles. The van der Waals surface area contributed by atoms with Gasteiger partial charge in [0, 0.05) is 60.9 Å². The van der Waals surface area contributed by atoms with E-state index >= 15 is 0 Å². The predicted octanol–water partition coefficient (Wildman–Crippen LogP) is 3.32. The molecule has 0 aromatic carbocycles. The maximum atomic E-state index is 5.48. The summed E-state index contributed by atoms with van der Waals surface area (Å²) in [6.45, 7) is 2.72. The molecule has 0 amide bonds. The average molecular weight is 348 g/mol. The molecule has 26 heavy (non-hydrogen) atoms. The van der Waals surface area contributed by atoms with Crippen LogP contribution in [0, 0.1) is 0 Å². The summed E-state index contributed by atoms with van der Waals surface area (Å²) in [5.41, 5.74) is 5.99. The van der Waals surface area contributed by atoms with Crippen LogP contribution in [-0.2, 0) is 11.3 Å². The zero-order valence-electron chi connectivity index (χ0n) is 15.2. The van der Waals surface area contributed by atoms with Gasteiger partial charge in [-0.2, -0.15) is 0 Å². The Balaban J connectivity index is 1.41. The third-order valence-electron chi connectivity index (χ3n) is 5.78. The van der Waals surface area contributed by atoms with Crippen LogP contribution in [0.2, 0.25) is 0 Å². The molecule has 2 aromatic heterocycles. The van der Waals surface area contributed by atoms with Crippen molar-refractivity contribution in [1.29, 1.82) is 0 Å². The van der Waals surface area contributed by atoms with Crippen molar-refractivity contribution in [2.45, 2.75) is 44.2 Å². The van der Waals surface area contributed by atoms with E-state index in [9.17, 15) is 0 Å². The van der Waals surface area contributed by atoms with Gasteiger partial charge in [-0.1, -0.05) is 0 Å². The van der Waals surface area contributed by atoms with Gasteiger partial charge in [0.05, 0.1) is 18.4 Å². The van der Waals surface area contributed by atoms with Crippen LogP contribution in [0.25, 0.3) is 0 Å². The summed E-state index contributed by atoms with van der Waals surface area (Å²) in [5.74, 6) is 1.71. The van der Waals surface area contributed by atoms with Crippen LogP contribution >= 0.6 is 0 Å². The quantitative estimate of drug-likeness (QED) is 0.850. The first-order valence-corrected chi connectivity index (χ1v) is 9.59. The molecule has 3 aliphatic rings. The molecule has 0 radical (unpaired) electrons. The maximum Gasteiger partial charge on any atom is 0.129 e. The molecular formula is C21H24N4O. The highest BCUT2D eigenvalue weighted by Gasteiger charge is 2.28. The van der Waals surface area contributed by atoms with Crippen LogP contribution in [0.4, 0.5) is 5.82 Å². The highest BCUT2D eigenvalue weighted by atomic mass is 16.5. The summed E-state index contributed by atoms with van der Waals surface area (Å²) in [4.78, 5) is 16.4. The third-order valence-corrected chi connectivity index (χ3v) is 5.78. The molecule has 1 saturated heterocycles. The van der Waals surface area contributed by atoms with Crippen LogP contribution in [-0.4, -0.2) is 42.0 Å². The second-order valence-corrected chi connectivity index (χ2v) is 7.53. The van der Waals surface area contributed by atoms with Crippen LogP contribution in [0.5, 0.6) is 0 Å². The lowest BCUT2D eigenvalue weighted by Gasteiger charge is -2.32. The number of nitrogens with zero attached hydrogens (tertiary/aromatic N) is 4. The van der Waals surface area contributed by atoms with Crippen molar-refractivity contribution in [3.05, 3.63) is 53.0 Å². The molecule has 5 heteroatoms. The Bertz CT molecular complexity index is 851. The Morgan fingerprint density at radius 1 is 1.08 bits per heavy atom. The minimum absolute atomic E-state index is 0.383. The molecule has 5 nitrogen and oxygen atoms in total. The molecule has 134 valence electrons. The zero-order valence-corrected chi connectivity index (χ0v) is 15.2. The molecule has 0 N–H and O–H groups in total. The van der Waals surface area contributed by atoms with E-state index in [-0.39, 0.29) is 0 Å². The molecule has 2 aromatic rings. The van der Waals surface area contributed by atoms with E-state index in [0.29, 0.717) is 12.0 Å². The number of anilines is 1. The Kier molecular flexibility index (Phi) is 3.97. The van der Waals surface area contributed by atoms with Gasteiger partial charge in [0.2, 0.25) is 0 Å². The van der Waals surface area contributed by atoms with E-state index in [4.69, 9.17) is 9.73 Å². The maximum absolute atomic E-state index is 5.48. The fourth-order valence-corrected chi connectivity index (χ4v) is 4.00. The van der Waals surface area contributed by atoms with Crippen LogP contribution < -0.4 is 4.90 Å². The van der Waals surface area contributed by atoms with Gasteiger partial charge in [-0.25, -0.2) is 4.98 Å². The average Bonchev–Trinajstić information content (AvgIpc) is 3.47. The first-order chi connectivity index (χ1) is 12.8. The van der Waals surface area contributed by atoms with Gasteiger partial charge >= 0.3 is 0 Å². The minimum Gasteiger partial charge on any atom is -0.381 e. The van der Waals surface area contributed by atoms with Crippen molar-refractivity contribution in [2.75, 3.05) is 25.1 Å². The van der Waals surface area contributed by atoms with Crippen molar-refractivity contribution in [1.82, 2.24) is 9.97 Å². The number of aliphatic imine (C=N–C) groups is 1. The molecule has 1 aliphatic carbocycles. The second-order valence-electron chi connectivity index (χ2n) is 7.53. The molecule has 2 fully saturated rings. The third kappa shape index (κ3) is 2.90. The number of fused-ring (bicyclic) bond motifs is 1. The summed E-state index contributed by atoms with van der Waals surface area (Å²) in [5, 5.41) is 0. The van der Waals surface area contributed by atoms with Crippen molar-refractivity contribution < 1.29 is 4.74 Å². The lowest BCUT2D eigenvalue weighted by atomic mass is 10.0. The van der Waals surface area contributed by atoms with E-state index in [1.54, 1.807) is 7.11 Å². The van der Waals surface area contributed by atoms with Gasteiger partial charge in [-0.3, -0.25) is 9.98 Å². The highest BCUT2D eigenvalue weighted by molar-refractivity contribution is 6.15. The van der Waals surface area contributed by atoms with Crippen molar-refractivity contribution in [3.63, 3.8) is 0 Å². The number of hydrogen-bond acceptors (Lipinski definition) is 5. The van der Waals surface area contributed by atoms with E-state index in [1.165, 1.54) is 29.7 Å². The molecule has 0 spiro atoms. The van der Waals surface area contributed by atoms with Gasteiger partial charge in [0.15, 0.2) is 0 Å². The molecule has 2 aliphatic heterocycles. The lowest BCUT2D eigenvalue weighted by molar-refractivity contribution is 0.0818. The monoisotopic (exact) mass is 348 g/mol. The number of ether oxygens (including phenoxy) is 1. The smallest absolute Gasteiger partial charge is 0.129 e. The molecule has 0 unspecified atom stereocenters. The van der Waals surface area contributed by atoms with Gasteiger partial charge in [0.25, 0.3) is 0 Å². The van der Waals surface area contributed by atoms with Gasteiger partial charge in [-0.05, 0) is 43.9 Å².